The molecule has 29 heavy (non-hydrogen) atoms. The number of benzene rings is 2. The van der Waals surface area contributed by atoms with Gasteiger partial charge in [-0.2, -0.15) is 0 Å². The molecular formula is C22H23FN2O4. The van der Waals surface area contributed by atoms with Crippen molar-refractivity contribution in [2.45, 2.75) is 38.0 Å². The first kappa shape index (κ1) is 20.5. The van der Waals surface area contributed by atoms with Crippen LogP contribution < -0.4 is 10.6 Å². The van der Waals surface area contributed by atoms with Crippen LogP contribution >= 0.6 is 0 Å². The fourth-order valence-corrected chi connectivity index (χ4v) is 3.70. The average molecular weight is 398 g/mol. The van der Waals surface area contributed by atoms with Crippen molar-refractivity contribution >= 4 is 29.2 Å². The van der Waals surface area contributed by atoms with Crippen molar-refractivity contribution in [2.75, 3.05) is 17.2 Å². The lowest BCUT2D eigenvalue weighted by Gasteiger charge is -2.27. The van der Waals surface area contributed by atoms with Gasteiger partial charge in [-0.1, -0.05) is 31.0 Å². The Morgan fingerprint density at radius 3 is 2.24 bits per heavy atom. The summed E-state index contributed by atoms with van der Waals surface area (Å²) in [6, 6.07) is 12.5. The van der Waals surface area contributed by atoms with Gasteiger partial charge < -0.3 is 15.4 Å². The van der Waals surface area contributed by atoms with E-state index in [4.69, 9.17) is 4.74 Å². The number of nitrogens with one attached hydrogen (secondary N) is 2. The third kappa shape index (κ3) is 4.99. The van der Waals surface area contributed by atoms with Crippen LogP contribution in [0.5, 0.6) is 0 Å². The molecule has 2 N–H and O–H groups in total. The molecule has 152 valence electrons. The van der Waals surface area contributed by atoms with Gasteiger partial charge >= 0.3 is 5.97 Å². The molecule has 0 saturated heterocycles. The largest absolute Gasteiger partial charge is 0.455 e. The number of anilines is 2. The second kappa shape index (κ2) is 8.86. The minimum atomic E-state index is -0.834. The van der Waals surface area contributed by atoms with E-state index in [1.807, 2.05) is 0 Å². The van der Waals surface area contributed by atoms with Gasteiger partial charge in [-0.05, 0) is 48.7 Å². The lowest BCUT2D eigenvalue weighted by Crippen LogP contribution is -2.36. The number of hydrogen-bond acceptors (Lipinski definition) is 4. The van der Waals surface area contributed by atoms with E-state index in [0.717, 1.165) is 12.8 Å². The quantitative estimate of drug-likeness (QED) is 0.726. The van der Waals surface area contributed by atoms with Crippen LogP contribution in [0.15, 0.2) is 48.5 Å². The first-order chi connectivity index (χ1) is 13.9. The van der Waals surface area contributed by atoms with E-state index < -0.39 is 23.9 Å². The summed E-state index contributed by atoms with van der Waals surface area (Å²) in [6.45, 7) is 0.969. The Bertz CT molecular complexity index is 905. The smallest absolute Gasteiger partial charge is 0.317 e. The molecule has 1 aliphatic rings. The summed E-state index contributed by atoms with van der Waals surface area (Å²) >= 11 is 0. The summed E-state index contributed by atoms with van der Waals surface area (Å²) < 4.78 is 18.6. The zero-order valence-corrected chi connectivity index (χ0v) is 16.2. The van der Waals surface area contributed by atoms with Crippen LogP contribution in [-0.2, 0) is 24.5 Å². The highest BCUT2D eigenvalue weighted by Crippen LogP contribution is 2.42. The van der Waals surface area contributed by atoms with Crippen molar-refractivity contribution in [3.63, 3.8) is 0 Å². The number of carbonyl (C=O) groups excluding carboxylic acids is 3. The molecular weight excluding hydrogens is 375 g/mol. The maximum absolute atomic E-state index is 13.3. The van der Waals surface area contributed by atoms with Crippen LogP contribution in [0.25, 0.3) is 0 Å². The van der Waals surface area contributed by atoms with Gasteiger partial charge in [-0.25, -0.2) is 4.39 Å². The summed E-state index contributed by atoms with van der Waals surface area (Å²) in [5.74, 6) is -1.53. The van der Waals surface area contributed by atoms with Gasteiger partial charge in [0.1, 0.15) is 5.82 Å². The Balaban J connectivity index is 1.62. The first-order valence-electron chi connectivity index (χ1n) is 9.50. The Kier molecular flexibility index (Phi) is 6.26. The van der Waals surface area contributed by atoms with Gasteiger partial charge in [0.05, 0.1) is 5.41 Å². The van der Waals surface area contributed by atoms with Crippen LogP contribution in [0.3, 0.4) is 0 Å². The maximum Gasteiger partial charge on any atom is 0.317 e. The molecule has 0 aliphatic heterocycles. The number of hydrogen-bond donors (Lipinski definition) is 2. The van der Waals surface area contributed by atoms with Crippen molar-refractivity contribution in [2.24, 2.45) is 0 Å². The molecule has 2 amide bonds. The summed E-state index contributed by atoms with van der Waals surface area (Å²) in [5.41, 5.74) is 0.906. The standard InChI is InChI=1S/C22H23FN2O4/c1-15(26)24-18-5-4-6-19(13-18)25-20(27)14-29-21(28)22(11-2-3-12-22)16-7-9-17(23)10-8-16/h4-10,13H,2-3,11-12,14H2,1H3,(H,24,26)(H,25,27). The van der Waals surface area contributed by atoms with Gasteiger partial charge in [0.15, 0.2) is 6.61 Å². The minimum absolute atomic E-state index is 0.218. The lowest BCUT2D eigenvalue weighted by molar-refractivity contribution is -0.153. The van der Waals surface area contributed by atoms with Crippen molar-refractivity contribution in [3.8, 4) is 0 Å². The van der Waals surface area contributed by atoms with E-state index in [-0.39, 0.29) is 11.7 Å². The van der Waals surface area contributed by atoms with Gasteiger partial charge in [-0.15, -0.1) is 0 Å². The van der Waals surface area contributed by atoms with E-state index >= 15 is 0 Å². The summed E-state index contributed by atoms with van der Waals surface area (Å²) in [5, 5.41) is 5.27. The molecule has 0 spiro atoms. The molecule has 1 fully saturated rings. The van der Waals surface area contributed by atoms with Crippen molar-refractivity contribution in [3.05, 3.63) is 59.9 Å². The fraction of sp³-hybridized carbons (Fsp3) is 0.318. The average Bonchev–Trinajstić information content (AvgIpc) is 3.17. The summed E-state index contributed by atoms with van der Waals surface area (Å²) in [6.07, 6.45) is 2.96. The molecule has 3 rings (SSSR count). The molecule has 7 heteroatoms. The molecule has 0 bridgehead atoms. The molecule has 0 unspecified atom stereocenters. The predicted octanol–water partition coefficient (Wildman–Crippen LogP) is 3.78. The number of halogens is 1. The fourth-order valence-electron chi connectivity index (χ4n) is 3.70. The highest BCUT2D eigenvalue weighted by atomic mass is 19.1. The Labute approximate surface area is 168 Å². The Hall–Kier alpha value is -3.22. The highest BCUT2D eigenvalue weighted by molar-refractivity contribution is 5.95. The molecule has 0 aromatic heterocycles. The number of rotatable bonds is 6. The molecule has 1 saturated carbocycles. The van der Waals surface area contributed by atoms with Crippen LogP contribution in [-0.4, -0.2) is 24.4 Å². The second-order valence-electron chi connectivity index (χ2n) is 7.18. The molecule has 6 nitrogen and oxygen atoms in total. The topological polar surface area (TPSA) is 84.5 Å². The van der Waals surface area contributed by atoms with Gasteiger partial charge in [0.2, 0.25) is 5.91 Å². The van der Waals surface area contributed by atoms with Gasteiger partial charge in [0, 0.05) is 18.3 Å². The SMILES string of the molecule is CC(=O)Nc1cccc(NC(=O)COC(=O)C2(c3ccc(F)cc3)CCCC2)c1. The van der Waals surface area contributed by atoms with Crippen LogP contribution in [0.2, 0.25) is 0 Å². The summed E-state index contributed by atoms with van der Waals surface area (Å²) in [7, 11) is 0. The van der Waals surface area contributed by atoms with Gasteiger partial charge in [0.25, 0.3) is 5.91 Å². The van der Waals surface area contributed by atoms with E-state index in [0.29, 0.717) is 29.8 Å². The van der Waals surface area contributed by atoms with E-state index in [2.05, 4.69) is 10.6 Å². The second-order valence-corrected chi connectivity index (χ2v) is 7.18. The van der Waals surface area contributed by atoms with Crippen molar-refractivity contribution in [1.82, 2.24) is 0 Å². The normalized spacial score (nSPS) is 14.8. The number of amides is 2. The third-order valence-electron chi connectivity index (χ3n) is 5.05. The summed E-state index contributed by atoms with van der Waals surface area (Å²) in [4.78, 5) is 36.2. The van der Waals surface area contributed by atoms with Crippen molar-refractivity contribution in [1.29, 1.82) is 0 Å². The predicted molar refractivity (Wildman–Crippen MR) is 107 cm³/mol. The van der Waals surface area contributed by atoms with Crippen LogP contribution in [0.1, 0.15) is 38.2 Å². The van der Waals surface area contributed by atoms with Crippen LogP contribution in [0.4, 0.5) is 15.8 Å². The number of ether oxygens (including phenoxy) is 1. The molecule has 0 radical (unpaired) electrons. The molecule has 1 aliphatic carbocycles. The maximum atomic E-state index is 13.3. The lowest BCUT2D eigenvalue weighted by atomic mass is 9.79. The molecule has 2 aromatic rings. The zero-order valence-electron chi connectivity index (χ0n) is 16.2. The zero-order chi connectivity index (χ0) is 20.9. The van der Waals surface area contributed by atoms with Crippen molar-refractivity contribution < 1.29 is 23.5 Å². The highest BCUT2D eigenvalue weighted by Gasteiger charge is 2.44. The van der Waals surface area contributed by atoms with Gasteiger partial charge in [-0.3, -0.25) is 14.4 Å². The van der Waals surface area contributed by atoms with E-state index in [1.165, 1.54) is 19.1 Å². The van der Waals surface area contributed by atoms with Crippen LogP contribution in [0, 0.1) is 5.82 Å². The Morgan fingerprint density at radius 2 is 1.62 bits per heavy atom. The van der Waals surface area contributed by atoms with E-state index in [9.17, 15) is 18.8 Å². The molecule has 0 atom stereocenters. The number of carbonyl (C=O) groups is 3. The number of esters is 1. The monoisotopic (exact) mass is 398 g/mol. The third-order valence-corrected chi connectivity index (χ3v) is 5.05. The van der Waals surface area contributed by atoms with E-state index in [1.54, 1.807) is 36.4 Å². The minimum Gasteiger partial charge on any atom is -0.455 e. The first-order valence-corrected chi connectivity index (χ1v) is 9.50. The molecule has 2 aromatic carbocycles. The molecule has 0 heterocycles. The Morgan fingerprint density at radius 1 is 1.00 bits per heavy atom.